The molecule has 0 bridgehead atoms. The minimum Gasteiger partial charge on any atom is -0.381 e. The lowest BCUT2D eigenvalue weighted by atomic mass is 10.1. The van der Waals surface area contributed by atoms with Crippen LogP contribution in [0.2, 0.25) is 5.02 Å². The molecule has 0 radical (unpaired) electrons. The second-order valence-corrected chi connectivity index (χ2v) is 7.05. The smallest absolute Gasteiger partial charge is 0.251 e. The number of rotatable bonds is 5. The Hall–Kier alpha value is -1.15. The molecule has 0 unspecified atom stereocenters. The highest BCUT2D eigenvalue weighted by molar-refractivity contribution is 7.89. The highest BCUT2D eigenvalue weighted by atomic mass is 35.5. The van der Waals surface area contributed by atoms with Gasteiger partial charge < -0.3 is 10.1 Å². The summed E-state index contributed by atoms with van der Waals surface area (Å²) in [6.45, 7) is 1.86. The standard InChI is InChI=1S/C13H17ClN2O4S/c1-15-21(18,19)12-6-10(2-3-11(12)14)13(17)16-7-9-4-5-20-8-9/h2-3,6,9,15H,4-5,7-8H2,1H3,(H,16,17)/t9-/m0/s1. The third kappa shape index (κ3) is 3.94. The number of halogens is 1. The van der Waals surface area contributed by atoms with Gasteiger partial charge in [-0.1, -0.05) is 11.6 Å². The number of hydrogen-bond donors (Lipinski definition) is 2. The number of nitrogens with one attached hydrogen (secondary N) is 2. The van der Waals surface area contributed by atoms with E-state index >= 15 is 0 Å². The van der Waals surface area contributed by atoms with Crippen LogP contribution >= 0.6 is 11.6 Å². The molecule has 0 spiro atoms. The van der Waals surface area contributed by atoms with Crippen LogP contribution < -0.4 is 10.0 Å². The topological polar surface area (TPSA) is 84.5 Å². The summed E-state index contributed by atoms with van der Waals surface area (Å²) in [6.07, 6.45) is 0.917. The normalized spacial score (nSPS) is 18.7. The SMILES string of the molecule is CNS(=O)(=O)c1cc(C(=O)NC[C@@H]2CCOC2)ccc1Cl. The van der Waals surface area contributed by atoms with Crippen molar-refractivity contribution in [3.8, 4) is 0 Å². The first-order chi connectivity index (χ1) is 9.94. The number of amides is 1. The monoisotopic (exact) mass is 332 g/mol. The number of ether oxygens (including phenoxy) is 1. The minimum absolute atomic E-state index is 0.0742. The van der Waals surface area contributed by atoms with E-state index in [0.717, 1.165) is 6.42 Å². The summed E-state index contributed by atoms with van der Waals surface area (Å²) in [6, 6.07) is 4.17. The van der Waals surface area contributed by atoms with Crippen LogP contribution in [-0.2, 0) is 14.8 Å². The Balaban J connectivity index is 2.12. The zero-order valence-electron chi connectivity index (χ0n) is 11.6. The Labute approximate surface area is 128 Å². The van der Waals surface area contributed by atoms with Gasteiger partial charge >= 0.3 is 0 Å². The molecule has 1 aromatic rings. The van der Waals surface area contributed by atoms with Crippen molar-refractivity contribution in [2.24, 2.45) is 5.92 Å². The largest absolute Gasteiger partial charge is 0.381 e. The fraction of sp³-hybridized carbons (Fsp3) is 0.462. The summed E-state index contributed by atoms with van der Waals surface area (Å²) in [5.41, 5.74) is 0.257. The second kappa shape index (κ2) is 6.74. The molecular weight excluding hydrogens is 316 g/mol. The Morgan fingerprint density at radius 1 is 1.48 bits per heavy atom. The van der Waals surface area contributed by atoms with Crippen LogP contribution in [-0.4, -0.2) is 41.1 Å². The third-order valence-corrected chi connectivity index (χ3v) is 5.22. The molecule has 1 amide bonds. The first-order valence-corrected chi connectivity index (χ1v) is 8.39. The van der Waals surface area contributed by atoms with Gasteiger partial charge in [0.1, 0.15) is 4.90 Å². The number of hydrogen-bond acceptors (Lipinski definition) is 4. The van der Waals surface area contributed by atoms with E-state index in [9.17, 15) is 13.2 Å². The van der Waals surface area contributed by atoms with Crippen molar-refractivity contribution in [3.63, 3.8) is 0 Å². The lowest BCUT2D eigenvalue weighted by Gasteiger charge is -2.11. The van der Waals surface area contributed by atoms with Gasteiger partial charge in [0.05, 0.1) is 11.6 Å². The van der Waals surface area contributed by atoms with E-state index in [4.69, 9.17) is 16.3 Å². The molecule has 1 saturated heterocycles. The van der Waals surface area contributed by atoms with Gasteiger partial charge in [-0.3, -0.25) is 4.79 Å². The fourth-order valence-electron chi connectivity index (χ4n) is 2.04. The summed E-state index contributed by atoms with van der Waals surface area (Å²) in [5, 5.41) is 2.85. The third-order valence-electron chi connectivity index (χ3n) is 3.33. The first-order valence-electron chi connectivity index (χ1n) is 6.53. The van der Waals surface area contributed by atoms with Gasteiger partial charge in [0, 0.05) is 24.6 Å². The predicted octanol–water partition coefficient (Wildman–Crippen LogP) is 1.01. The molecule has 1 aliphatic rings. The van der Waals surface area contributed by atoms with Crippen LogP contribution in [0.15, 0.2) is 23.1 Å². The molecule has 8 heteroatoms. The number of benzene rings is 1. The molecule has 1 aliphatic heterocycles. The molecule has 0 aromatic heterocycles. The number of sulfonamides is 1. The summed E-state index contributed by atoms with van der Waals surface area (Å²) in [7, 11) is -2.41. The molecule has 2 rings (SSSR count). The number of carbonyl (C=O) groups excluding carboxylic acids is 1. The van der Waals surface area contributed by atoms with Crippen molar-refractivity contribution in [1.29, 1.82) is 0 Å². The van der Waals surface area contributed by atoms with Crippen molar-refractivity contribution in [2.75, 3.05) is 26.8 Å². The molecule has 21 heavy (non-hydrogen) atoms. The Morgan fingerprint density at radius 3 is 2.86 bits per heavy atom. The van der Waals surface area contributed by atoms with Gasteiger partial charge in [-0.15, -0.1) is 0 Å². The van der Waals surface area contributed by atoms with E-state index in [1.54, 1.807) is 0 Å². The maximum atomic E-state index is 12.1. The van der Waals surface area contributed by atoms with Crippen molar-refractivity contribution in [3.05, 3.63) is 28.8 Å². The highest BCUT2D eigenvalue weighted by Crippen LogP contribution is 2.22. The second-order valence-electron chi connectivity index (χ2n) is 4.79. The highest BCUT2D eigenvalue weighted by Gasteiger charge is 2.20. The van der Waals surface area contributed by atoms with Crippen LogP contribution in [0.4, 0.5) is 0 Å². The average Bonchev–Trinajstić information content (AvgIpc) is 2.98. The quantitative estimate of drug-likeness (QED) is 0.843. The van der Waals surface area contributed by atoms with E-state index in [1.807, 2.05) is 0 Å². The minimum atomic E-state index is -3.70. The van der Waals surface area contributed by atoms with Gasteiger partial charge in [-0.2, -0.15) is 0 Å². The molecule has 1 aromatic carbocycles. The van der Waals surface area contributed by atoms with Crippen molar-refractivity contribution in [2.45, 2.75) is 11.3 Å². The molecule has 116 valence electrons. The maximum absolute atomic E-state index is 12.1. The van der Waals surface area contributed by atoms with E-state index in [1.165, 1.54) is 25.2 Å². The maximum Gasteiger partial charge on any atom is 0.251 e. The molecular formula is C13H17ClN2O4S. The van der Waals surface area contributed by atoms with Crippen LogP contribution in [0, 0.1) is 5.92 Å². The van der Waals surface area contributed by atoms with Gasteiger partial charge in [-0.25, -0.2) is 13.1 Å². The summed E-state index contributed by atoms with van der Waals surface area (Å²) < 4.78 is 31.1. The van der Waals surface area contributed by atoms with Crippen molar-refractivity contribution in [1.82, 2.24) is 10.0 Å². The predicted molar refractivity (Wildman–Crippen MR) is 79.0 cm³/mol. The van der Waals surface area contributed by atoms with Crippen molar-refractivity contribution >= 4 is 27.5 Å². The summed E-state index contributed by atoms with van der Waals surface area (Å²) >= 11 is 5.88. The van der Waals surface area contributed by atoms with Gasteiger partial charge in [-0.05, 0) is 31.7 Å². The first kappa shape index (κ1) is 16.2. The molecule has 1 heterocycles. The zero-order valence-corrected chi connectivity index (χ0v) is 13.1. The Kier molecular flexibility index (Phi) is 5.21. The fourth-order valence-corrected chi connectivity index (χ4v) is 3.29. The molecule has 1 fully saturated rings. The van der Waals surface area contributed by atoms with E-state index in [-0.39, 0.29) is 21.4 Å². The summed E-state index contributed by atoms with van der Waals surface area (Å²) in [4.78, 5) is 12.0. The molecule has 2 N–H and O–H groups in total. The lowest BCUT2D eigenvalue weighted by Crippen LogP contribution is -2.29. The zero-order chi connectivity index (χ0) is 15.5. The van der Waals surface area contributed by atoms with E-state index in [2.05, 4.69) is 10.0 Å². The van der Waals surface area contributed by atoms with Crippen LogP contribution in [0.5, 0.6) is 0 Å². The van der Waals surface area contributed by atoms with Crippen molar-refractivity contribution < 1.29 is 17.9 Å². The van der Waals surface area contributed by atoms with E-state index < -0.39 is 10.0 Å². The van der Waals surface area contributed by atoms with Crippen LogP contribution in [0.25, 0.3) is 0 Å². The lowest BCUT2D eigenvalue weighted by molar-refractivity contribution is 0.0945. The Bertz CT molecular complexity index is 627. The Morgan fingerprint density at radius 2 is 2.24 bits per heavy atom. The molecule has 0 saturated carbocycles. The van der Waals surface area contributed by atoms with Gasteiger partial charge in [0.15, 0.2) is 0 Å². The van der Waals surface area contributed by atoms with Gasteiger partial charge in [0.2, 0.25) is 10.0 Å². The molecule has 0 aliphatic carbocycles. The van der Waals surface area contributed by atoms with Crippen LogP contribution in [0.3, 0.4) is 0 Å². The number of carbonyl (C=O) groups is 1. The van der Waals surface area contributed by atoms with Crippen LogP contribution in [0.1, 0.15) is 16.8 Å². The van der Waals surface area contributed by atoms with Gasteiger partial charge in [0.25, 0.3) is 5.91 Å². The average molecular weight is 333 g/mol. The molecule has 1 atom stereocenters. The summed E-state index contributed by atoms with van der Waals surface area (Å²) in [5.74, 6) is -0.0205. The molecule has 6 nitrogen and oxygen atoms in total. The van der Waals surface area contributed by atoms with E-state index in [0.29, 0.717) is 25.7 Å².